The zero-order valence-electron chi connectivity index (χ0n) is 43.7. The number of aliphatic hydroxyl groups is 12. The number of carboxylic acid groups (broad SMARTS) is 1. The highest BCUT2D eigenvalue weighted by Gasteiger charge is 2.73. The van der Waals surface area contributed by atoms with Crippen LogP contribution in [0, 0.1) is 50.2 Å². The van der Waals surface area contributed by atoms with Gasteiger partial charge in [0.2, 0.25) is 6.29 Å². The van der Waals surface area contributed by atoms with Gasteiger partial charge < -0.3 is 104 Å². The largest absolute Gasteiger partial charge is 0.481 e. The van der Waals surface area contributed by atoms with Crippen molar-refractivity contribution in [3.63, 3.8) is 0 Å². The number of carboxylic acids is 1. The Labute approximate surface area is 435 Å². The lowest BCUT2D eigenvalue weighted by molar-refractivity contribution is -0.368. The van der Waals surface area contributed by atoms with Crippen molar-refractivity contribution in [2.75, 3.05) is 19.8 Å². The van der Waals surface area contributed by atoms with Gasteiger partial charge in [0.1, 0.15) is 79.4 Å². The summed E-state index contributed by atoms with van der Waals surface area (Å²) >= 11 is 0. The monoisotopic (exact) mass is 1070 g/mol. The summed E-state index contributed by atoms with van der Waals surface area (Å²) in [6.07, 6.45) is -24.9. The normalized spacial score (nSPS) is 54.8. The van der Waals surface area contributed by atoms with Crippen molar-refractivity contribution >= 4 is 11.9 Å². The second-order valence-electron chi connectivity index (χ2n) is 25.3. The number of aliphatic carboxylic acids is 1. The lowest BCUT2D eigenvalue weighted by Gasteiger charge is -2.71. The predicted molar refractivity (Wildman–Crippen MR) is 253 cm³/mol. The summed E-state index contributed by atoms with van der Waals surface area (Å²) in [4.78, 5) is 29.0. The fourth-order valence-electron chi connectivity index (χ4n) is 16.0. The molecular weight excluding hydrogens is 993 g/mol. The molecule has 4 aliphatic heterocycles. The Morgan fingerprint density at radius 2 is 1.23 bits per heavy atom. The van der Waals surface area contributed by atoms with E-state index >= 15 is 4.79 Å². The summed E-state index contributed by atoms with van der Waals surface area (Å²) in [7, 11) is 0. The Morgan fingerprint density at radius 1 is 0.627 bits per heavy atom. The zero-order valence-corrected chi connectivity index (χ0v) is 43.7. The SMILES string of the molecule is C[C@@H]1O[C@@H](O[C@H]2[C@@H](OC(=O)[C@]34CCC(C)(C)C[C@H]3C3=CC[C@@H]5[C@@]6(C)C[C@H](O)[C@H](O[C@@H]7O[C@H](CO)[C@@H](O)[C@H](O)[C@H]7O)[C@@](C)(C(=O)O)[C@@H]6CC[C@@]5(C)[C@]3(C)CC4)OC[C@H](O)[C@@H]2O)[C@H](O)[C@H](O)[C@H]1O[C@@H]1OC[C@@H](O)[C@H](O)[C@H]1O. The fraction of sp³-hybridized carbons (Fsp3) is 0.923. The molecule has 0 spiro atoms. The number of esters is 1. The molecule has 0 aromatic rings. The van der Waals surface area contributed by atoms with E-state index in [2.05, 4.69) is 33.8 Å². The quantitative estimate of drug-likeness (QED) is 0.0659. The molecule has 13 N–H and O–H groups in total. The van der Waals surface area contributed by atoms with Crippen LogP contribution in [-0.2, 0) is 47.5 Å². The standard InChI is InChI=1S/C52H82O23/c1-21-38(72-41-35(62)30(57)25(55)19-68-41)34(61)37(64)42(70-21)73-39-31(58)26(56)20-69-44(39)75-46(67)52-14-12-47(2,3)16-23(52)22-8-9-28-48(4)17-24(54)40(74-43-36(63)33(60)32(59)27(18-53)71-43)51(7,45(65)66)29(48)10-11-50(28,6)49(22,5)13-15-52/h8,21,23-44,53-64H,9-20H2,1-7H3,(H,65,66)/t21-,23-,24-,25+,26-,27+,28+,29+,30-,31-,32+,33-,34-,35+,36+,37+,38-,39+,40-,41-,42-,43-,44+,48+,49+,50+,51-,52-/m0/s1. The van der Waals surface area contributed by atoms with E-state index in [0.29, 0.717) is 51.4 Å². The smallest absolute Gasteiger partial charge is 0.315 e. The van der Waals surface area contributed by atoms with Gasteiger partial charge in [-0.3, -0.25) is 9.59 Å². The van der Waals surface area contributed by atoms with Gasteiger partial charge in [-0.15, -0.1) is 0 Å². The van der Waals surface area contributed by atoms with Crippen LogP contribution >= 0.6 is 0 Å². The van der Waals surface area contributed by atoms with Gasteiger partial charge in [0.25, 0.3) is 0 Å². The fourth-order valence-corrected chi connectivity index (χ4v) is 16.0. The number of fused-ring (bicyclic) bond motifs is 7. The predicted octanol–water partition coefficient (Wildman–Crippen LogP) is -1.69. The molecule has 0 amide bonds. The third-order valence-electron chi connectivity index (χ3n) is 20.7. The van der Waals surface area contributed by atoms with Gasteiger partial charge in [-0.25, -0.2) is 0 Å². The Hall–Kier alpha value is -2.08. The molecule has 0 aromatic heterocycles. The molecular formula is C52H82O23. The number of aliphatic hydroxyl groups excluding tert-OH is 12. The summed E-state index contributed by atoms with van der Waals surface area (Å²) in [6.45, 7) is 12.3. The first-order chi connectivity index (χ1) is 35.0. The Kier molecular flexibility index (Phi) is 15.7. The molecule has 4 saturated carbocycles. The number of carbonyl (C=O) groups is 2. The second kappa shape index (κ2) is 20.5. The zero-order chi connectivity index (χ0) is 54.9. The summed E-state index contributed by atoms with van der Waals surface area (Å²) in [5, 5.41) is 140. The first kappa shape index (κ1) is 57.6. The van der Waals surface area contributed by atoms with Crippen molar-refractivity contribution in [1.29, 1.82) is 0 Å². The maximum absolute atomic E-state index is 15.3. The van der Waals surface area contributed by atoms with E-state index in [1.54, 1.807) is 6.92 Å². The number of hydrogen-bond acceptors (Lipinski definition) is 22. The van der Waals surface area contributed by atoms with Crippen molar-refractivity contribution in [3.8, 4) is 0 Å². The minimum absolute atomic E-state index is 0.130. The van der Waals surface area contributed by atoms with Gasteiger partial charge in [0.05, 0.1) is 42.9 Å². The van der Waals surface area contributed by atoms with Crippen LogP contribution < -0.4 is 0 Å². The van der Waals surface area contributed by atoms with Gasteiger partial charge >= 0.3 is 11.9 Å². The Bertz CT molecular complexity index is 2130. The molecule has 4 heterocycles. The van der Waals surface area contributed by atoms with Gasteiger partial charge in [0, 0.05) is 0 Å². The second-order valence-corrected chi connectivity index (χ2v) is 25.3. The van der Waals surface area contributed by atoms with Crippen molar-refractivity contribution in [1.82, 2.24) is 0 Å². The van der Waals surface area contributed by atoms with E-state index in [4.69, 9.17) is 37.9 Å². The molecule has 0 unspecified atom stereocenters. The highest BCUT2D eigenvalue weighted by Crippen LogP contribution is 2.76. The van der Waals surface area contributed by atoms with E-state index in [0.717, 1.165) is 5.57 Å². The number of allylic oxidation sites excluding steroid dienone is 2. The Morgan fingerprint density at radius 3 is 1.89 bits per heavy atom. The van der Waals surface area contributed by atoms with Gasteiger partial charge in [-0.05, 0) is 111 Å². The molecule has 9 aliphatic rings. The Balaban J connectivity index is 0.956. The summed E-state index contributed by atoms with van der Waals surface area (Å²) in [5.74, 6) is -2.87. The third-order valence-corrected chi connectivity index (χ3v) is 20.7. The first-order valence-electron chi connectivity index (χ1n) is 26.8. The van der Waals surface area contributed by atoms with Crippen LogP contribution in [0.1, 0.15) is 106 Å². The van der Waals surface area contributed by atoms with Crippen molar-refractivity contribution in [3.05, 3.63) is 11.6 Å². The minimum atomic E-state index is -1.87. The summed E-state index contributed by atoms with van der Waals surface area (Å²) in [5.41, 5.74) is -3.70. The van der Waals surface area contributed by atoms with E-state index < -0.39 is 181 Å². The lowest BCUT2D eigenvalue weighted by atomic mass is 9.33. The highest BCUT2D eigenvalue weighted by atomic mass is 16.8. The molecule has 0 radical (unpaired) electrons. The van der Waals surface area contributed by atoms with E-state index in [1.165, 1.54) is 6.92 Å². The molecule has 5 aliphatic carbocycles. The molecule has 8 fully saturated rings. The number of ether oxygens (including phenoxy) is 8. The number of carbonyl (C=O) groups excluding carboxylic acids is 1. The van der Waals surface area contributed by atoms with Crippen LogP contribution in [0.5, 0.6) is 0 Å². The lowest BCUT2D eigenvalue weighted by Crippen LogP contribution is -2.70. The van der Waals surface area contributed by atoms with Gasteiger partial charge in [0.15, 0.2) is 25.0 Å². The van der Waals surface area contributed by atoms with Crippen molar-refractivity contribution < 1.29 is 114 Å². The molecule has 0 bridgehead atoms. The van der Waals surface area contributed by atoms with Gasteiger partial charge in [-0.1, -0.05) is 46.3 Å². The number of hydrogen-bond donors (Lipinski definition) is 13. The highest BCUT2D eigenvalue weighted by molar-refractivity contribution is 5.79. The maximum atomic E-state index is 15.3. The molecule has 0 aromatic carbocycles. The molecule has 428 valence electrons. The van der Waals surface area contributed by atoms with E-state index in [9.17, 15) is 71.2 Å². The summed E-state index contributed by atoms with van der Waals surface area (Å²) in [6, 6.07) is 0. The molecule has 23 heteroatoms. The average molecular weight is 1080 g/mol. The van der Waals surface area contributed by atoms with Crippen LogP contribution in [0.25, 0.3) is 0 Å². The third kappa shape index (κ3) is 9.16. The van der Waals surface area contributed by atoms with Crippen LogP contribution in [0.2, 0.25) is 0 Å². The van der Waals surface area contributed by atoms with Crippen molar-refractivity contribution in [2.24, 2.45) is 50.2 Å². The van der Waals surface area contributed by atoms with Crippen LogP contribution in [0.3, 0.4) is 0 Å². The van der Waals surface area contributed by atoms with E-state index in [-0.39, 0.29) is 30.3 Å². The topological polar surface area (TPSA) is 371 Å². The minimum Gasteiger partial charge on any atom is -0.481 e. The van der Waals surface area contributed by atoms with Gasteiger partial charge in [-0.2, -0.15) is 0 Å². The van der Waals surface area contributed by atoms with Crippen LogP contribution in [-0.4, -0.2) is 221 Å². The molecule has 4 saturated heterocycles. The average Bonchev–Trinajstić information content (AvgIpc) is 3.35. The molecule has 28 atom stereocenters. The van der Waals surface area contributed by atoms with Crippen LogP contribution in [0.4, 0.5) is 0 Å². The molecule has 23 nitrogen and oxygen atoms in total. The molecule has 9 rings (SSSR count). The van der Waals surface area contributed by atoms with E-state index in [1.807, 2.05) is 6.92 Å². The van der Waals surface area contributed by atoms with Crippen LogP contribution in [0.15, 0.2) is 11.6 Å². The number of rotatable bonds is 10. The maximum Gasteiger partial charge on any atom is 0.315 e. The molecule has 75 heavy (non-hydrogen) atoms. The first-order valence-corrected chi connectivity index (χ1v) is 26.8. The summed E-state index contributed by atoms with van der Waals surface area (Å²) < 4.78 is 47.1. The van der Waals surface area contributed by atoms with Crippen molar-refractivity contribution in [2.45, 2.75) is 229 Å².